The number of rotatable bonds is 1. The molecule has 0 nitrogen and oxygen atoms in total. The quantitative estimate of drug-likeness (QED) is 0.527. The maximum Gasteiger partial charge on any atom is 0.00734 e. The SMILES string of the molecule is [S]CC1CCSC1. The highest BCUT2D eigenvalue weighted by Crippen LogP contribution is 2.23. The Hall–Kier alpha value is 0.700. The minimum absolute atomic E-state index is 0.875. The minimum Gasteiger partial charge on any atom is -0.162 e. The molecule has 2 heteroatoms. The maximum atomic E-state index is 4.90. The zero-order valence-corrected chi connectivity index (χ0v) is 5.86. The fraction of sp³-hybridized carbons (Fsp3) is 1.00. The topological polar surface area (TPSA) is 0 Å². The van der Waals surface area contributed by atoms with Crippen molar-refractivity contribution in [1.29, 1.82) is 0 Å². The van der Waals surface area contributed by atoms with Crippen molar-refractivity contribution in [1.82, 2.24) is 0 Å². The number of hydrogen-bond donors (Lipinski definition) is 0. The molecule has 1 aliphatic heterocycles. The van der Waals surface area contributed by atoms with Gasteiger partial charge in [0.25, 0.3) is 0 Å². The molecular formula is C5H9S2. The summed E-state index contributed by atoms with van der Waals surface area (Å²) in [4.78, 5) is 0. The first-order valence-electron chi connectivity index (χ1n) is 2.59. The van der Waals surface area contributed by atoms with Gasteiger partial charge < -0.3 is 0 Å². The Bertz CT molecular complexity index is 48.0. The van der Waals surface area contributed by atoms with Crippen molar-refractivity contribution in [3.8, 4) is 0 Å². The molecule has 0 aromatic carbocycles. The Kier molecular flexibility index (Phi) is 2.40. The lowest BCUT2D eigenvalue weighted by molar-refractivity contribution is 0.683. The first kappa shape index (κ1) is 5.83. The third-order valence-corrected chi connectivity index (χ3v) is 2.96. The second-order valence-corrected chi connectivity index (χ2v) is 3.38. The molecule has 1 radical (unpaired) electrons. The van der Waals surface area contributed by atoms with Gasteiger partial charge in [-0.15, -0.1) is 0 Å². The van der Waals surface area contributed by atoms with E-state index < -0.39 is 0 Å². The molecule has 1 rings (SSSR count). The van der Waals surface area contributed by atoms with Gasteiger partial charge in [0.15, 0.2) is 0 Å². The summed E-state index contributed by atoms with van der Waals surface area (Å²) < 4.78 is 0. The molecule has 7 heavy (non-hydrogen) atoms. The Morgan fingerprint density at radius 2 is 2.57 bits per heavy atom. The van der Waals surface area contributed by atoms with E-state index in [0.717, 1.165) is 11.7 Å². The Labute approximate surface area is 54.5 Å². The number of hydrogen-bond acceptors (Lipinski definition) is 1. The molecule has 0 amide bonds. The molecule has 1 atom stereocenters. The molecule has 1 aliphatic rings. The van der Waals surface area contributed by atoms with Crippen LogP contribution in [0.1, 0.15) is 6.42 Å². The van der Waals surface area contributed by atoms with Crippen LogP contribution >= 0.6 is 24.4 Å². The highest BCUT2D eigenvalue weighted by Gasteiger charge is 2.12. The second kappa shape index (κ2) is 2.88. The summed E-state index contributed by atoms with van der Waals surface area (Å²) >= 11 is 6.94. The first-order valence-corrected chi connectivity index (χ1v) is 4.32. The van der Waals surface area contributed by atoms with Gasteiger partial charge in [-0.2, -0.15) is 11.8 Å². The molecule has 41 valence electrons. The van der Waals surface area contributed by atoms with E-state index in [1.165, 1.54) is 17.9 Å². The summed E-state index contributed by atoms with van der Waals surface area (Å²) in [6.07, 6.45) is 1.37. The Morgan fingerprint density at radius 1 is 1.71 bits per heavy atom. The van der Waals surface area contributed by atoms with Crippen LogP contribution in [-0.4, -0.2) is 17.3 Å². The van der Waals surface area contributed by atoms with Gasteiger partial charge in [0.1, 0.15) is 0 Å². The van der Waals surface area contributed by atoms with Crippen LogP contribution in [-0.2, 0) is 0 Å². The lowest BCUT2D eigenvalue weighted by Gasteiger charge is -1.97. The van der Waals surface area contributed by atoms with Crippen molar-refractivity contribution in [2.24, 2.45) is 5.92 Å². The monoisotopic (exact) mass is 133 g/mol. The molecule has 1 heterocycles. The van der Waals surface area contributed by atoms with Crippen LogP contribution in [0, 0.1) is 5.92 Å². The second-order valence-electron chi connectivity index (χ2n) is 1.90. The predicted octanol–water partition coefficient (Wildman–Crippen LogP) is 1.94. The first-order chi connectivity index (χ1) is 3.43. The highest BCUT2D eigenvalue weighted by molar-refractivity contribution is 7.99. The van der Waals surface area contributed by atoms with Gasteiger partial charge in [0, 0.05) is 5.75 Å². The molecule has 0 bridgehead atoms. The third kappa shape index (κ3) is 1.57. The largest absolute Gasteiger partial charge is 0.162 e. The van der Waals surface area contributed by atoms with E-state index in [2.05, 4.69) is 0 Å². The smallest absolute Gasteiger partial charge is 0.00734 e. The van der Waals surface area contributed by atoms with Gasteiger partial charge in [0.05, 0.1) is 0 Å². The van der Waals surface area contributed by atoms with E-state index in [9.17, 15) is 0 Å². The Balaban J connectivity index is 2.14. The van der Waals surface area contributed by atoms with Crippen molar-refractivity contribution in [3.63, 3.8) is 0 Å². The average Bonchev–Trinajstić information content (AvgIpc) is 2.14. The van der Waals surface area contributed by atoms with E-state index >= 15 is 0 Å². The van der Waals surface area contributed by atoms with Gasteiger partial charge in [-0.1, -0.05) is 12.6 Å². The van der Waals surface area contributed by atoms with Crippen molar-refractivity contribution in [2.45, 2.75) is 6.42 Å². The van der Waals surface area contributed by atoms with E-state index in [1.54, 1.807) is 0 Å². The van der Waals surface area contributed by atoms with Crippen LogP contribution in [0.2, 0.25) is 0 Å². The molecule has 0 saturated carbocycles. The van der Waals surface area contributed by atoms with Crippen LogP contribution in [0.15, 0.2) is 0 Å². The lowest BCUT2D eigenvalue weighted by atomic mass is 10.2. The summed E-state index contributed by atoms with van der Waals surface area (Å²) in [6.45, 7) is 0. The van der Waals surface area contributed by atoms with Gasteiger partial charge in [-0.05, 0) is 23.8 Å². The summed E-state index contributed by atoms with van der Waals surface area (Å²) in [5.41, 5.74) is 0. The molecule has 0 aliphatic carbocycles. The van der Waals surface area contributed by atoms with Crippen LogP contribution in [0.4, 0.5) is 0 Å². The molecular weight excluding hydrogens is 124 g/mol. The zero-order valence-electron chi connectivity index (χ0n) is 4.22. The van der Waals surface area contributed by atoms with E-state index in [4.69, 9.17) is 12.6 Å². The summed E-state index contributed by atoms with van der Waals surface area (Å²) in [5.74, 6) is 4.53. The molecule has 1 fully saturated rings. The van der Waals surface area contributed by atoms with Crippen molar-refractivity contribution in [2.75, 3.05) is 17.3 Å². The number of thioether (sulfide) groups is 1. The van der Waals surface area contributed by atoms with E-state index in [-0.39, 0.29) is 0 Å². The van der Waals surface area contributed by atoms with E-state index in [0.29, 0.717) is 0 Å². The van der Waals surface area contributed by atoms with Crippen molar-refractivity contribution < 1.29 is 0 Å². The molecule has 0 N–H and O–H groups in total. The van der Waals surface area contributed by atoms with Gasteiger partial charge in [-0.3, -0.25) is 0 Å². The van der Waals surface area contributed by atoms with Crippen LogP contribution < -0.4 is 0 Å². The molecule has 0 aromatic heterocycles. The lowest BCUT2D eigenvalue weighted by Crippen LogP contribution is -1.97. The van der Waals surface area contributed by atoms with Crippen LogP contribution in [0.5, 0.6) is 0 Å². The fourth-order valence-corrected chi connectivity index (χ4v) is 2.43. The zero-order chi connectivity index (χ0) is 5.11. The van der Waals surface area contributed by atoms with Crippen LogP contribution in [0.3, 0.4) is 0 Å². The molecule has 0 aromatic rings. The fourth-order valence-electron chi connectivity index (χ4n) is 0.715. The average molecular weight is 133 g/mol. The highest BCUT2D eigenvalue weighted by atomic mass is 32.2. The van der Waals surface area contributed by atoms with Gasteiger partial charge >= 0.3 is 0 Å². The summed E-state index contributed by atoms with van der Waals surface area (Å²) in [7, 11) is 0. The third-order valence-electron chi connectivity index (χ3n) is 1.26. The van der Waals surface area contributed by atoms with Gasteiger partial charge in [0.2, 0.25) is 0 Å². The molecule has 1 unspecified atom stereocenters. The molecule has 1 saturated heterocycles. The summed E-state index contributed by atoms with van der Waals surface area (Å²) in [6, 6.07) is 0. The maximum absolute atomic E-state index is 4.90. The van der Waals surface area contributed by atoms with Crippen molar-refractivity contribution in [3.05, 3.63) is 0 Å². The molecule has 0 spiro atoms. The van der Waals surface area contributed by atoms with Gasteiger partial charge in [-0.25, -0.2) is 0 Å². The Morgan fingerprint density at radius 3 is 2.86 bits per heavy atom. The van der Waals surface area contributed by atoms with Crippen LogP contribution in [0.25, 0.3) is 0 Å². The van der Waals surface area contributed by atoms with Crippen molar-refractivity contribution >= 4 is 24.4 Å². The standard InChI is InChI=1S/C5H9S2/c6-3-5-1-2-7-4-5/h5H,1-4H2. The minimum atomic E-state index is 0.875. The normalized spacial score (nSPS) is 31.3. The summed E-state index contributed by atoms with van der Waals surface area (Å²) in [5, 5.41) is 0. The predicted molar refractivity (Wildman–Crippen MR) is 37.9 cm³/mol. The van der Waals surface area contributed by atoms with E-state index in [1.807, 2.05) is 11.8 Å².